The summed E-state index contributed by atoms with van der Waals surface area (Å²) in [5.74, 6) is -0.432. The minimum Gasteiger partial charge on any atom is -0.432 e. The molecule has 5 rings (SSSR count). The minimum absolute atomic E-state index is 0.0192. The van der Waals surface area contributed by atoms with Gasteiger partial charge in [0.1, 0.15) is 0 Å². The molecule has 0 saturated carbocycles. The number of hydrogen-bond donors (Lipinski definition) is 2. The predicted molar refractivity (Wildman–Crippen MR) is 133 cm³/mol. The topological polar surface area (TPSA) is 90.3 Å². The van der Waals surface area contributed by atoms with Crippen LogP contribution in [-0.4, -0.2) is 49.8 Å². The van der Waals surface area contributed by atoms with Gasteiger partial charge < -0.3 is 19.5 Å². The lowest BCUT2D eigenvalue weighted by Crippen LogP contribution is -2.45. The number of aliphatic hydroxyl groups excluding tert-OH is 1. The van der Waals surface area contributed by atoms with Gasteiger partial charge in [0.25, 0.3) is 5.91 Å². The van der Waals surface area contributed by atoms with Crippen LogP contribution in [0.4, 0.5) is 17.1 Å². The Hall–Kier alpha value is -2.52. The third-order valence-electron chi connectivity index (χ3n) is 7.86. The van der Waals surface area contributed by atoms with Gasteiger partial charge in [0, 0.05) is 42.8 Å². The second kappa shape index (κ2) is 8.02. The second-order valence-electron chi connectivity index (χ2n) is 10.3. The van der Waals surface area contributed by atoms with E-state index in [1.165, 1.54) is 0 Å². The van der Waals surface area contributed by atoms with Gasteiger partial charge >= 0.3 is 0 Å². The number of hydrogen-bond acceptors (Lipinski definition) is 5. The Morgan fingerprint density at radius 3 is 2.56 bits per heavy atom. The van der Waals surface area contributed by atoms with E-state index in [1.54, 1.807) is 16.8 Å². The monoisotopic (exact) mass is 480 g/mol. The molecule has 7 nitrogen and oxygen atoms in total. The van der Waals surface area contributed by atoms with Crippen molar-refractivity contribution in [2.24, 2.45) is 5.92 Å². The number of carbonyl (C=O) groups excluding carboxylic acids is 2. The summed E-state index contributed by atoms with van der Waals surface area (Å²) < 4.78 is 6.57. The molecule has 4 atom stereocenters. The van der Waals surface area contributed by atoms with Crippen molar-refractivity contribution in [1.82, 2.24) is 0 Å². The summed E-state index contributed by atoms with van der Waals surface area (Å²) in [6, 6.07) is 13.6. The van der Waals surface area contributed by atoms with E-state index < -0.39 is 20.0 Å². The predicted octanol–water partition coefficient (Wildman–Crippen LogP) is 3.45. The third-order valence-corrected chi connectivity index (χ3v) is 10.4. The van der Waals surface area contributed by atoms with Crippen molar-refractivity contribution in [1.29, 1.82) is 0 Å². The lowest BCUT2D eigenvalue weighted by Gasteiger charge is -2.33. The molecule has 0 radical (unpaired) electrons. The van der Waals surface area contributed by atoms with Gasteiger partial charge in [0.2, 0.25) is 5.91 Å². The quantitative estimate of drug-likeness (QED) is 0.654. The number of likely N-dealkylation sites (N-methyl/N-ethyl adjacent to an activating group) is 1. The maximum atomic E-state index is 13.8. The summed E-state index contributed by atoms with van der Waals surface area (Å²) in [6.45, 7) is 5.63. The number of para-hydroxylation sites is 1. The molecule has 2 aromatic carbocycles. The van der Waals surface area contributed by atoms with Crippen LogP contribution in [0.5, 0.6) is 0 Å². The fourth-order valence-electron chi connectivity index (χ4n) is 6.42. The maximum Gasteiger partial charge on any atom is 0.264 e. The fraction of sp³-hybridized carbons (Fsp3) is 0.462. The molecule has 0 aliphatic carbocycles. The second-order valence-corrected chi connectivity index (χ2v) is 14.3. The molecule has 1 saturated heterocycles. The summed E-state index contributed by atoms with van der Waals surface area (Å²) >= 11 is 0. The van der Waals surface area contributed by atoms with Crippen LogP contribution < -0.4 is 9.80 Å². The summed E-state index contributed by atoms with van der Waals surface area (Å²) in [4.78, 5) is 41.3. The maximum absolute atomic E-state index is 13.8. The lowest BCUT2D eigenvalue weighted by molar-refractivity contribution is -0.146. The van der Waals surface area contributed by atoms with Crippen LogP contribution >= 0.6 is 0 Å². The van der Waals surface area contributed by atoms with Crippen LogP contribution in [0.2, 0.25) is 18.6 Å². The standard InChI is InChI=1S/C26H32N2O5Si/c1-16-24(34(3,4)32)22(13-14-29)33-26(16)19-15-18(10-11-21(19)27(2)25(26)31)28-20-8-6-5-7-17(20)9-12-23(28)30/h5-8,10-11,15-16,22,24,29,32H,9,12-14H2,1-4H3/t16-,22+,24-,26+/m1/s1. The van der Waals surface area contributed by atoms with Gasteiger partial charge in [-0.15, -0.1) is 0 Å². The number of rotatable bonds is 4. The molecule has 1 spiro atoms. The molecule has 1 fully saturated rings. The number of fused-ring (bicyclic) bond motifs is 3. The SMILES string of the molecule is C[C@@H]1[C@@H]([Si](C)(C)O)[C@H](CCO)O[C@@]12C(=O)N(C)c1ccc(N3C(=O)CCc4ccccc43)cc12. The molecule has 2 N–H and O–H groups in total. The van der Waals surface area contributed by atoms with E-state index in [-0.39, 0.29) is 29.9 Å². The zero-order valence-corrected chi connectivity index (χ0v) is 21.1. The zero-order valence-electron chi connectivity index (χ0n) is 20.1. The number of anilines is 3. The number of carbonyl (C=O) groups is 2. The van der Waals surface area contributed by atoms with Gasteiger partial charge in [-0.2, -0.15) is 0 Å². The molecule has 180 valence electrons. The van der Waals surface area contributed by atoms with Crippen molar-refractivity contribution in [3.8, 4) is 0 Å². The largest absolute Gasteiger partial charge is 0.432 e. The molecule has 34 heavy (non-hydrogen) atoms. The van der Waals surface area contributed by atoms with Gasteiger partial charge in [-0.1, -0.05) is 25.1 Å². The van der Waals surface area contributed by atoms with E-state index in [1.807, 2.05) is 62.5 Å². The van der Waals surface area contributed by atoms with E-state index in [4.69, 9.17) is 4.74 Å². The van der Waals surface area contributed by atoms with Gasteiger partial charge in [0.15, 0.2) is 13.9 Å². The van der Waals surface area contributed by atoms with Crippen molar-refractivity contribution in [2.45, 2.75) is 56.5 Å². The Balaban J connectivity index is 1.66. The summed E-state index contributed by atoms with van der Waals surface area (Å²) in [5.41, 5.74) is 2.69. The molecule has 3 heterocycles. The van der Waals surface area contributed by atoms with Crippen LogP contribution in [0.25, 0.3) is 0 Å². The van der Waals surface area contributed by atoms with Crippen molar-refractivity contribution in [2.75, 3.05) is 23.5 Å². The van der Waals surface area contributed by atoms with E-state index in [2.05, 4.69) is 0 Å². The van der Waals surface area contributed by atoms with Crippen molar-refractivity contribution < 1.29 is 24.2 Å². The van der Waals surface area contributed by atoms with Gasteiger partial charge in [-0.05, 0) is 55.8 Å². The first-order valence-electron chi connectivity index (χ1n) is 12.0. The zero-order chi connectivity index (χ0) is 24.4. The number of nitrogens with zero attached hydrogens (tertiary/aromatic N) is 2. The van der Waals surface area contributed by atoms with Crippen LogP contribution in [0.1, 0.15) is 30.9 Å². The van der Waals surface area contributed by atoms with Gasteiger partial charge in [0.05, 0.1) is 17.5 Å². The molecule has 0 aromatic heterocycles. The van der Waals surface area contributed by atoms with Crippen LogP contribution in [0.3, 0.4) is 0 Å². The summed E-state index contributed by atoms with van der Waals surface area (Å²) in [7, 11) is -0.991. The molecule has 0 bridgehead atoms. The first-order chi connectivity index (χ1) is 16.1. The lowest BCUT2D eigenvalue weighted by atomic mass is 9.82. The average Bonchev–Trinajstić information content (AvgIpc) is 3.21. The van der Waals surface area contributed by atoms with Crippen LogP contribution in [-0.2, 0) is 26.3 Å². The molecule has 3 aliphatic heterocycles. The van der Waals surface area contributed by atoms with Crippen LogP contribution in [0.15, 0.2) is 42.5 Å². The molecule has 2 amide bonds. The van der Waals surface area contributed by atoms with Crippen molar-refractivity contribution in [3.05, 3.63) is 53.6 Å². The molecule has 0 unspecified atom stereocenters. The number of aliphatic hydroxyl groups is 1. The highest BCUT2D eigenvalue weighted by Crippen LogP contribution is 2.59. The molecular formula is C26H32N2O5Si. The van der Waals surface area contributed by atoms with E-state index in [9.17, 15) is 19.5 Å². The van der Waals surface area contributed by atoms with Crippen molar-refractivity contribution in [3.63, 3.8) is 0 Å². The van der Waals surface area contributed by atoms with Gasteiger partial charge in [-0.3, -0.25) is 14.5 Å². The number of aryl methyl sites for hydroxylation is 1. The summed E-state index contributed by atoms with van der Waals surface area (Å²) in [6.07, 6.45) is 1.08. The van der Waals surface area contributed by atoms with E-state index in [0.717, 1.165) is 22.5 Å². The molecule has 8 heteroatoms. The highest BCUT2D eigenvalue weighted by molar-refractivity contribution is 6.71. The Morgan fingerprint density at radius 1 is 1.12 bits per heavy atom. The molecule has 2 aromatic rings. The normalized spacial score (nSPS) is 28.6. The van der Waals surface area contributed by atoms with E-state index in [0.29, 0.717) is 24.9 Å². The Bertz CT molecular complexity index is 1160. The molecule has 3 aliphatic rings. The molecular weight excluding hydrogens is 448 g/mol. The Labute approximate surface area is 201 Å². The first-order valence-corrected chi connectivity index (χ1v) is 15.0. The smallest absolute Gasteiger partial charge is 0.264 e. The van der Waals surface area contributed by atoms with E-state index >= 15 is 0 Å². The number of ether oxygens (including phenoxy) is 1. The first kappa shape index (κ1) is 23.2. The minimum atomic E-state index is -2.73. The summed E-state index contributed by atoms with van der Waals surface area (Å²) in [5, 5.41) is 9.69. The van der Waals surface area contributed by atoms with Crippen molar-refractivity contribution >= 4 is 37.2 Å². The Kier molecular flexibility index (Phi) is 5.48. The number of amides is 2. The highest BCUT2D eigenvalue weighted by atomic mass is 28.4. The fourth-order valence-corrected chi connectivity index (χ4v) is 9.02. The highest BCUT2D eigenvalue weighted by Gasteiger charge is 2.65. The Morgan fingerprint density at radius 2 is 1.85 bits per heavy atom. The van der Waals surface area contributed by atoms with Crippen LogP contribution in [0, 0.1) is 5.92 Å². The average molecular weight is 481 g/mol. The third kappa shape index (κ3) is 3.20. The number of benzene rings is 2. The van der Waals surface area contributed by atoms with Gasteiger partial charge in [-0.25, -0.2) is 0 Å².